The second-order valence-corrected chi connectivity index (χ2v) is 3.14. The first-order valence-corrected chi connectivity index (χ1v) is 4.41. The number of nitrogens with zero attached hydrogens (tertiary/aromatic N) is 2. The molecule has 1 amide bonds. The van der Waals surface area contributed by atoms with Crippen LogP contribution < -0.4 is 5.32 Å². The predicted molar refractivity (Wildman–Crippen MR) is 52.2 cm³/mol. The molecule has 0 bridgehead atoms. The van der Waals surface area contributed by atoms with E-state index in [0.29, 0.717) is 0 Å². The summed E-state index contributed by atoms with van der Waals surface area (Å²) < 4.78 is 6.13. The lowest BCUT2D eigenvalue weighted by Crippen LogP contribution is -2.39. The monoisotopic (exact) mass is 211 g/mol. The van der Waals surface area contributed by atoms with E-state index in [1.54, 1.807) is 24.7 Å². The van der Waals surface area contributed by atoms with E-state index in [1.165, 1.54) is 13.4 Å². The number of hydrogen-bond acceptors (Lipinski definition) is 4. The van der Waals surface area contributed by atoms with Gasteiger partial charge in [0.2, 0.25) is 0 Å². The van der Waals surface area contributed by atoms with Crippen LogP contribution >= 0.6 is 0 Å². The summed E-state index contributed by atoms with van der Waals surface area (Å²) in [5.41, 5.74) is 0.272. The molecular weight excluding hydrogens is 198 g/mol. The first-order valence-electron chi connectivity index (χ1n) is 4.41. The number of aromatic nitrogens is 2. The van der Waals surface area contributed by atoms with Crippen LogP contribution in [-0.4, -0.2) is 34.6 Å². The van der Waals surface area contributed by atoms with Gasteiger partial charge in [0.25, 0.3) is 5.91 Å². The van der Waals surface area contributed by atoms with E-state index in [-0.39, 0.29) is 5.69 Å². The maximum atomic E-state index is 11.5. The van der Waals surface area contributed by atoms with Crippen LogP contribution in [0, 0.1) is 0 Å². The number of amides is 1. The zero-order valence-corrected chi connectivity index (χ0v) is 8.85. The van der Waals surface area contributed by atoms with Gasteiger partial charge in [-0.1, -0.05) is 0 Å². The van der Waals surface area contributed by atoms with Crippen molar-refractivity contribution in [1.82, 2.24) is 14.9 Å². The molecule has 0 saturated carbocycles. The van der Waals surface area contributed by atoms with Crippen molar-refractivity contribution in [2.45, 2.75) is 13.0 Å². The molecule has 1 unspecified atom stereocenters. The van der Waals surface area contributed by atoms with E-state index in [2.05, 4.69) is 15.0 Å². The SMILES string of the molecule is COC(=O)C(C)NC(=O)c1cn(C)cn1. The van der Waals surface area contributed by atoms with Gasteiger partial charge in [-0.05, 0) is 6.92 Å². The quantitative estimate of drug-likeness (QED) is 0.697. The number of aryl methyl sites for hydroxylation is 1. The van der Waals surface area contributed by atoms with Gasteiger partial charge in [-0.15, -0.1) is 0 Å². The van der Waals surface area contributed by atoms with Crippen molar-refractivity contribution < 1.29 is 14.3 Å². The van der Waals surface area contributed by atoms with E-state index in [1.807, 2.05) is 0 Å². The largest absolute Gasteiger partial charge is 0.467 e. The lowest BCUT2D eigenvalue weighted by atomic mass is 10.3. The lowest BCUT2D eigenvalue weighted by molar-refractivity contribution is -0.142. The second-order valence-electron chi connectivity index (χ2n) is 3.14. The van der Waals surface area contributed by atoms with Crippen LogP contribution in [0.5, 0.6) is 0 Å². The Kier molecular flexibility index (Phi) is 3.43. The summed E-state index contributed by atoms with van der Waals surface area (Å²) in [5, 5.41) is 2.47. The van der Waals surface area contributed by atoms with Crippen molar-refractivity contribution in [2.24, 2.45) is 7.05 Å². The van der Waals surface area contributed by atoms with Gasteiger partial charge in [0.15, 0.2) is 0 Å². The highest BCUT2D eigenvalue weighted by molar-refractivity contribution is 5.94. The second kappa shape index (κ2) is 4.59. The Morgan fingerprint density at radius 2 is 2.27 bits per heavy atom. The molecule has 15 heavy (non-hydrogen) atoms. The van der Waals surface area contributed by atoms with E-state index in [4.69, 9.17) is 0 Å². The summed E-state index contributed by atoms with van der Waals surface area (Å²) in [5.74, 6) is -0.882. The predicted octanol–water partition coefficient (Wildman–Crippen LogP) is -0.289. The Hall–Kier alpha value is -1.85. The van der Waals surface area contributed by atoms with Crippen LogP contribution in [0.15, 0.2) is 12.5 Å². The number of hydrogen-bond donors (Lipinski definition) is 1. The molecule has 1 atom stereocenters. The molecule has 1 aromatic heterocycles. The lowest BCUT2D eigenvalue weighted by Gasteiger charge is -2.09. The highest BCUT2D eigenvalue weighted by Gasteiger charge is 2.17. The summed E-state index contributed by atoms with van der Waals surface area (Å²) in [7, 11) is 3.03. The van der Waals surface area contributed by atoms with E-state index >= 15 is 0 Å². The third-order valence-electron chi connectivity index (χ3n) is 1.84. The maximum absolute atomic E-state index is 11.5. The maximum Gasteiger partial charge on any atom is 0.328 e. The van der Waals surface area contributed by atoms with Crippen LogP contribution in [0.25, 0.3) is 0 Å². The number of nitrogens with one attached hydrogen (secondary N) is 1. The molecule has 1 N–H and O–H groups in total. The molecule has 82 valence electrons. The minimum Gasteiger partial charge on any atom is -0.467 e. The molecule has 0 spiro atoms. The summed E-state index contributed by atoms with van der Waals surface area (Å²) >= 11 is 0. The van der Waals surface area contributed by atoms with Gasteiger partial charge >= 0.3 is 5.97 Å². The fraction of sp³-hybridized carbons (Fsp3) is 0.444. The van der Waals surface area contributed by atoms with Crippen LogP contribution in [0.4, 0.5) is 0 Å². The molecule has 0 aliphatic heterocycles. The van der Waals surface area contributed by atoms with Gasteiger partial charge in [0.05, 0.1) is 13.4 Å². The fourth-order valence-electron chi connectivity index (χ4n) is 1.04. The van der Waals surface area contributed by atoms with Gasteiger partial charge in [0, 0.05) is 13.2 Å². The molecule has 0 aromatic carbocycles. The normalized spacial score (nSPS) is 11.9. The number of carbonyl (C=O) groups is 2. The van der Waals surface area contributed by atoms with E-state index < -0.39 is 17.9 Å². The number of ether oxygens (including phenoxy) is 1. The first-order chi connectivity index (χ1) is 7.04. The molecule has 6 heteroatoms. The molecule has 0 saturated heterocycles. The zero-order chi connectivity index (χ0) is 11.4. The van der Waals surface area contributed by atoms with Crippen molar-refractivity contribution in [3.05, 3.63) is 18.2 Å². The van der Waals surface area contributed by atoms with Crippen molar-refractivity contribution in [1.29, 1.82) is 0 Å². The molecule has 0 fully saturated rings. The topological polar surface area (TPSA) is 73.2 Å². The van der Waals surface area contributed by atoms with Gasteiger partial charge in [-0.25, -0.2) is 9.78 Å². The van der Waals surface area contributed by atoms with Crippen LogP contribution in [0.2, 0.25) is 0 Å². The molecule has 0 radical (unpaired) electrons. The van der Waals surface area contributed by atoms with Crippen molar-refractivity contribution in [2.75, 3.05) is 7.11 Å². The Balaban J connectivity index is 2.60. The zero-order valence-electron chi connectivity index (χ0n) is 8.85. The molecule has 0 aliphatic rings. The van der Waals surface area contributed by atoms with Crippen LogP contribution in [0.3, 0.4) is 0 Å². The highest BCUT2D eigenvalue weighted by atomic mass is 16.5. The summed E-state index contributed by atoms with van der Waals surface area (Å²) in [6.45, 7) is 1.55. The van der Waals surface area contributed by atoms with Crippen LogP contribution in [0.1, 0.15) is 17.4 Å². The third-order valence-corrected chi connectivity index (χ3v) is 1.84. The Labute approximate surface area is 87.2 Å². The summed E-state index contributed by atoms with van der Waals surface area (Å²) in [6, 6.07) is -0.676. The number of esters is 1. The van der Waals surface area contributed by atoms with Gasteiger partial charge < -0.3 is 14.6 Å². The molecule has 1 rings (SSSR count). The first kappa shape index (κ1) is 11.2. The average molecular weight is 211 g/mol. The van der Waals surface area contributed by atoms with E-state index in [9.17, 15) is 9.59 Å². The summed E-state index contributed by atoms with van der Waals surface area (Å²) in [6.07, 6.45) is 3.08. The van der Waals surface area contributed by atoms with Gasteiger partial charge in [0.1, 0.15) is 11.7 Å². The standard InChI is InChI=1S/C9H13N3O3/c1-6(9(14)15-3)11-8(13)7-4-12(2)5-10-7/h4-6H,1-3H3,(H,11,13). The molecule has 1 heterocycles. The Bertz CT molecular complexity index is 372. The smallest absolute Gasteiger partial charge is 0.328 e. The fourth-order valence-corrected chi connectivity index (χ4v) is 1.04. The van der Waals surface area contributed by atoms with Crippen molar-refractivity contribution >= 4 is 11.9 Å². The number of methoxy groups -OCH3 is 1. The van der Waals surface area contributed by atoms with E-state index in [0.717, 1.165) is 0 Å². The van der Waals surface area contributed by atoms with Gasteiger partial charge in [-0.2, -0.15) is 0 Å². The Morgan fingerprint density at radius 3 is 2.73 bits per heavy atom. The highest BCUT2D eigenvalue weighted by Crippen LogP contribution is 1.95. The molecular formula is C9H13N3O3. The number of imidazole rings is 1. The number of rotatable bonds is 3. The minimum atomic E-state index is -0.676. The molecule has 6 nitrogen and oxygen atoms in total. The van der Waals surface area contributed by atoms with Crippen LogP contribution in [-0.2, 0) is 16.6 Å². The molecule has 0 aliphatic carbocycles. The van der Waals surface area contributed by atoms with Crippen molar-refractivity contribution in [3.8, 4) is 0 Å². The minimum absolute atomic E-state index is 0.272. The average Bonchev–Trinajstić information content (AvgIpc) is 2.63. The van der Waals surface area contributed by atoms with Gasteiger partial charge in [-0.3, -0.25) is 4.79 Å². The third kappa shape index (κ3) is 2.80. The Morgan fingerprint density at radius 1 is 1.60 bits per heavy atom. The van der Waals surface area contributed by atoms with Crippen molar-refractivity contribution in [3.63, 3.8) is 0 Å². The number of carbonyl (C=O) groups excluding carboxylic acids is 2. The summed E-state index contributed by atoms with van der Waals surface area (Å²) in [4.78, 5) is 26.4. The molecule has 1 aromatic rings.